The Kier molecular flexibility index (Phi) is 4.14. The van der Waals surface area contributed by atoms with Gasteiger partial charge in [0, 0.05) is 11.2 Å². The van der Waals surface area contributed by atoms with Crippen LogP contribution in [-0.4, -0.2) is 4.98 Å². The number of pyridine rings is 1. The van der Waals surface area contributed by atoms with Crippen LogP contribution < -0.4 is 11.3 Å². The molecule has 1 aromatic heterocycles. The largest absolute Gasteiger partial charge is 0.271 e. The van der Waals surface area contributed by atoms with Gasteiger partial charge in [-0.1, -0.05) is 29.3 Å². The van der Waals surface area contributed by atoms with Crippen molar-refractivity contribution in [1.82, 2.24) is 10.4 Å². The summed E-state index contributed by atoms with van der Waals surface area (Å²) in [5.41, 5.74) is 3.88. The standard InChI is InChI=1S/C12H10Cl2FN3/c13-10-3-2-8(15)5-9(10)12(18-16)7-1-4-11(14)17-6-7/h1-6,12,18H,16H2. The molecule has 0 saturated carbocycles. The van der Waals surface area contributed by atoms with Crippen LogP contribution in [0.1, 0.15) is 17.2 Å². The van der Waals surface area contributed by atoms with E-state index in [1.54, 1.807) is 18.3 Å². The van der Waals surface area contributed by atoms with Gasteiger partial charge in [0.05, 0.1) is 6.04 Å². The normalized spacial score (nSPS) is 12.4. The van der Waals surface area contributed by atoms with Gasteiger partial charge in [-0.15, -0.1) is 0 Å². The lowest BCUT2D eigenvalue weighted by Crippen LogP contribution is -2.29. The average molecular weight is 286 g/mol. The van der Waals surface area contributed by atoms with E-state index in [0.29, 0.717) is 15.7 Å². The number of benzene rings is 1. The second kappa shape index (κ2) is 5.63. The SMILES string of the molecule is NNC(c1ccc(Cl)nc1)c1cc(F)ccc1Cl. The molecule has 3 nitrogen and oxygen atoms in total. The summed E-state index contributed by atoms with van der Waals surface area (Å²) < 4.78 is 13.3. The maximum Gasteiger partial charge on any atom is 0.129 e. The van der Waals surface area contributed by atoms with Crippen LogP contribution in [0.15, 0.2) is 36.5 Å². The fourth-order valence-corrected chi connectivity index (χ4v) is 2.00. The van der Waals surface area contributed by atoms with Crippen molar-refractivity contribution < 1.29 is 4.39 Å². The Hall–Kier alpha value is -1.20. The van der Waals surface area contributed by atoms with Gasteiger partial charge in [-0.25, -0.2) is 14.8 Å². The maximum atomic E-state index is 13.3. The Morgan fingerprint density at radius 2 is 2.00 bits per heavy atom. The van der Waals surface area contributed by atoms with E-state index >= 15 is 0 Å². The van der Waals surface area contributed by atoms with Gasteiger partial charge in [-0.05, 0) is 35.4 Å². The Morgan fingerprint density at radius 3 is 2.61 bits per heavy atom. The molecule has 1 atom stereocenters. The lowest BCUT2D eigenvalue weighted by molar-refractivity contribution is 0.604. The number of nitrogens with one attached hydrogen (secondary N) is 1. The van der Waals surface area contributed by atoms with E-state index in [2.05, 4.69) is 10.4 Å². The molecule has 3 N–H and O–H groups in total. The van der Waals surface area contributed by atoms with E-state index < -0.39 is 6.04 Å². The first-order chi connectivity index (χ1) is 8.61. The lowest BCUT2D eigenvalue weighted by atomic mass is 10.0. The van der Waals surface area contributed by atoms with Crippen molar-refractivity contribution >= 4 is 23.2 Å². The molecular weight excluding hydrogens is 276 g/mol. The average Bonchev–Trinajstić information content (AvgIpc) is 2.37. The molecule has 1 unspecified atom stereocenters. The van der Waals surface area contributed by atoms with Crippen molar-refractivity contribution in [2.75, 3.05) is 0 Å². The summed E-state index contributed by atoms with van der Waals surface area (Å²) in [5, 5.41) is 0.800. The van der Waals surface area contributed by atoms with Crippen LogP contribution >= 0.6 is 23.2 Å². The van der Waals surface area contributed by atoms with Gasteiger partial charge in [-0.3, -0.25) is 5.84 Å². The summed E-state index contributed by atoms with van der Waals surface area (Å²) in [6, 6.07) is 7.05. The second-order valence-corrected chi connectivity index (χ2v) is 4.47. The monoisotopic (exact) mass is 285 g/mol. The summed E-state index contributed by atoms with van der Waals surface area (Å²) in [5.74, 6) is 5.12. The van der Waals surface area contributed by atoms with E-state index in [4.69, 9.17) is 29.0 Å². The fourth-order valence-electron chi connectivity index (χ4n) is 1.66. The highest BCUT2D eigenvalue weighted by molar-refractivity contribution is 6.31. The molecule has 2 rings (SSSR count). The second-order valence-electron chi connectivity index (χ2n) is 3.68. The first-order valence-electron chi connectivity index (χ1n) is 5.14. The van der Waals surface area contributed by atoms with Crippen LogP contribution in [0.3, 0.4) is 0 Å². The predicted octanol–water partition coefficient (Wildman–Crippen LogP) is 3.08. The zero-order valence-corrected chi connectivity index (χ0v) is 10.7. The first-order valence-corrected chi connectivity index (χ1v) is 5.90. The van der Waals surface area contributed by atoms with Gasteiger partial charge < -0.3 is 0 Å². The molecule has 0 aliphatic heterocycles. The molecule has 0 fully saturated rings. The molecular formula is C12H10Cl2FN3. The number of nitrogens with zero attached hydrogens (tertiary/aromatic N) is 1. The van der Waals surface area contributed by atoms with E-state index in [0.717, 1.165) is 5.56 Å². The van der Waals surface area contributed by atoms with Gasteiger partial charge >= 0.3 is 0 Å². The molecule has 2 aromatic rings. The van der Waals surface area contributed by atoms with Gasteiger partial charge in [0.15, 0.2) is 0 Å². The van der Waals surface area contributed by atoms with Crippen LogP contribution in [0.2, 0.25) is 10.2 Å². The molecule has 0 bridgehead atoms. The van der Waals surface area contributed by atoms with Crippen LogP contribution in [0.25, 0.3) is 0 Å². The van der Waals surface area contributed by atoms with Crippen LogP contribution in [0.4, 0.5) is 4.39 Å². The number of halogens is 3. The smallest absolute Gasteiger partial charge is 0.129 e. The van der Waals surface area contributed by atoms with Gasteiger partial charge in [0.2, 0.25) is 0 Å². The minimum atomic E-state index is -0.446. The molecule has 0 radical (unpaired) electrons. The lowest BCUT2D eigenvalue weighted by Gasteiger charge is -2.18. The third-order valence-corrected chi connectivity index (χ3v) is 3.09. The third-order valence-electron chi connectivity index (χ3n) is 2.52. The minimum absolute atomic E-state index is 0.375. The quantitative estimate of drug-likeness (QED) is 0.518. The minimum Gasteiger partial charge on any atom is -0.271 e. The molecule has 0 saturated heterocycles. The highest BCUT2D eigenvalue weighted by atomic mass is 35.5. The zero-order valence-electron chi connectivity index (χ0n) is 9.20. The third kappa shape index (κ3) is 2.79. The summed E-state index contributed by atoms with van der Waals surface area (Å²) in [7, 11) is 0. The molecule has 1 aromatic carbocycles. The summed E-state index contributed by atoms with van der Waals surface area (Å²) >= 11 is 11.8. The molecule has 94 valence electrons. The Morgan fingerprint density at radius 1 is 1.22 bits per heavy atom. The van der Waals surface area contributed by atoms with Crippen molar-refractivity contribution in [3.05, 3.63) is 63.6 Å². The number of aromatic nitrogens is 1. The first kappa shape index (κ1) is 13.2. The molecule has 6 heteroatoms. The molecule has 0 aliphatic carbocycles. The van der Waals surface area contributed by atoms with E-state index in [-0.39, 0.29) is 5.82 Å². The van der Waals surface area contributed by atoms with Crippen molar-refractivity contribution in [1.29, 1.82) is 0 Å². The highest BCUT2D eigenvalue weighted by Gasteiger charge is 2.16. The number of hydrazine groups is 1. The van der Waals surface area contributed by atoms with Gasteiger partial charge in [-0.2, -0.15) is 0 Å². The van der Waals surface area contributed by atoms with Crippen LogP contribution in [0, 0.1) is 5.82 Å². The Balaban J connectivity index is 2.44. The topological polar surface area (TPSA) is 50.9 Å². The molecule has 0 aliphatic rings. The van der Waals surface area contributed by atoms with Crippen molar-refractivity contribution in [2.45, 2.75) is 6.04 Å². The number of hydrogen-bond donors (Lipinski definition) is 2. The summed E-state index contributed by atoms with van der Waals surface area (Å²) in [4.78, 5) is 3.96. The van der Waals surface area contributed by atoms with Crippen LogP contribution in [0.5, 0.6) is 0 Å². The zero-order chi connectivity index (χ0) is 13.1. The molecule has 1 heterocycles. The fraction of sp³-hybridized carbons (Fsp3) is 0.0833. The molecule has 0 spiro atoms. The molecule has 0 amide bonds. The summed E-state index contributed by atoms with van der Waals surface area (Å²) in [6.45, 7) is 0. The Labute approximate surface area is 114 Å². The summed E-state index contributed by atoms with van der Waals surface area (Å²) in [6.07, 6.45) is 1.56. The van der Waals surface area contributed by atoms with Gasteiger partial charge in [0.1, 0.15) is 11.0 Å². The molecule has 18 heavy (non-hydrogen) atoms. The number of hydrogen-bond acceptors (Lipinski definition) is 3. The number of nitrogens with two attached hydrogens (primary N) is 1. The maximum absolute atomic E-state index is 13.3. The van der Waals surface area contributed by atoms with Crippen molar-refractivity contribution in [3.8, 4) is 0 Å². The van der Waals surface area contributed by atoms with E-state index in [9.17, 15) is 4.39 Å². The predicted molar refractivity (Wildman–Crippen MR) is 69.8 cm³/mol. The van der Waals surface area contributed by atoms with Crippen molar-refractivity contribution in [3.63, 3.8) is 0 Å². The van der Waals surface area contributed by atoms with E-state index in [1.165, 1.54) is 18.2 Å². The van der Waals surface area contributed by atoms with Crippen LogP contribution in [-0.2, 0) is 0 Å². The van der Waals surface area contributed by atoms with Crippen molar-refractivity contribution in [2.24, 2.45) is 5.84 Å². The Bertz CT molecular complexity index is 546. The van der Waals surface area contributed by atoms with E-state index in [1.807, 2.05) is 0 Å². The number of rotatable bonds is 3. The van der Waals surface area contributed by atoms with Gasteiger partial charge in [0.25, 0.3) is 0 Å². The highest BCUT2D eigenvalue weighted by Crippen LogP contribution is 2.28.